The number of nitrogens with one attached hydrogen (secondary N) is 1. The highest BCUT2D eigenvalue weighted by molar-refractivity contribution is 5.75. The molecule has 0 radical (unpaired) electrons. The van der Waals surface area contributed by atoms with E-state index in [4.69, 9.17) is 4.42 Å². The first-order valence-electron chi connectivity index (χ1n) is 10.9. The van der Waals surface area contributed by atoms with Gasteiger partial charge in [-0.1, -0.05) is 25.7 Å². The van der Waals surface area contributed by atoms with Gasteiger partial charge in [-0.2, -0.15) is 4.68 Å². The van der Waals surface area contributed by atoms with Crippen LogP contribution < -0.4 is 11.1 Å². The minimum atomic E-state index is -0.701. The second-order valence-corrected chi connectivity index (χ2v) is 8.45. The fraction of sp³-hybridized carbons (Fsp3) is 0.591. The van der Waals surface area contributed by atoms with E-state index in [1.807, 2.05) is 0 Å². The minimum Gasteiger partial charge on any atom is -0.388 e. The lowest BCUT2D eigenvalue weighted by atomic mass is 9.79. The maximum atomic E-state index is 13.1. The molecule has 2 fully saturated rings. The van der Waals surface area contributed by atoms with Crippen molar-refractivity contribution < 1.29 is 13.6 Å². The Morgan fingerprint density at radius 2 is 1.73 bits per heavy atom. The van der Waals surface area contributed by atoms with Gasteiger partial charge in [0.15, 0.2) is 0 Å². The van der Waals surface area contributed by atoms with E-state index < -0.39 is 5.76 Å². The Kier molecular flexibility index (Phi) is 6.32. The Hall–Kier alpha value is -2.48. The summed E-state index contributed by atoms with van der Waals surface area (Å²) in [5, 5.41) is 7.15. The summed E-state index contributed by atoms with van der Waals surface area (Å²) in [5.74, 6) is -1.26. The average molecular weight is 416 g/mol. The summed E-state index contributed by atoms with van der Waals surface area (Å²) in [5.41, 5.74) is 0.515. The molecule has 4 rings (SSSR count). The summed E-state index contributed by atoms with van der Waals surface area (Å²) in [7, 11) is 0. The number of likely N-dealkylation sites (tertiary alicyclic amines) is 1. The number of piperidine rings is 1. The van der Waals surface area contributed by atoms with Crippen molar-refractivity contribution in [2.24, 2.45) is 0 Å². The van der Waals surface area contributed by atoms with Crippen molar-refractivity contribution in [1.82, 2.24) is 20.0 Å². The fourth-order valence-electron chi connectivity index (χ4n) is 4.75. The van der Waals surface area contributed by atoms with Gasteiger partial charge in [0.25, 0.3) is 0 Å². The topological polar surface area (TPSA) is 80.4 Å². The van der Waals surface area contributed by atoms with E-state index in [1.54, 1.807) is 0 Å². The Labute approximate surface area is 175 Å². The maximum Gasteiger partial charge on any atom is 0.437 e. The molecule has 0 spiro atoms. The zero-order valence-corrected chi connectivity index (χ0v) is 17.2. The van der Waals surface area contributed by atoms with E-state index in [2.05, 4.69) is 15.3 Å². The summed E-state index contributed by atoms with van der Waals surface area (Å²) < 4.78 is 19.2. The van der Waals surface area contributed by atoms with Crippen LogP contribution in [-0.4, -0.2) is 45.8 Å². The number of halogens is 1. The van der Waals surface area contributed by atoms with Crippen LogP contribution >= 0.6 is 0 Å². The van der Waals surface area contributed by atoms with Crippen LogP contribution in [0.15, 0.2) is 33.5 Å². The zero-order valence-electron chi connectivity index (χ0n) is 17.2. The third kappa shape index (κ3) is 4.64. The normalized spacial score (nSPS) is 19.5. The quantitative estimate of drug-likeness (QED) is 0.783. The van der Waals surface area contributed by atoms with E-state index in [9.17, 15) is 14.0 Å². The fourth-order valence-corrected chi connectivity index (χ4v) is 4.75. The predicted octanol–water partition coefficient (Wildman–Crippen LogP) is 2.95. The highest BCUT2D eigenvalue weighted by Gasteiger charge is 2.38. The molecular formula is C22H29FN4O3. The van der Waals surface area contributed by atoms with Gasteiger partial charge < -0.3 is 9.73 Å². The molecule has 8 heteroatoms. The van der Waals surface area contributed by atoms with Crippen LogP contribution in [0.2, 0.25) is 0 Å². The molecule has 1 aliphatic heterocycles. The standard InChI is InChI=1S/C22H29FN4O3/c23-18-9-7-17(8-10-18)20-25-27(21(29)30-20)15-19(28)24-16-22(11-3-1-4-12-22)26-13-5-2-6-14-26/h7-10H,1-6,11-16H2,(H,24,28). The van der Waals surface area contributed by atoms with Gasteiger partial charge in [0, 0.05) is 17.6 Å². The first kappa shape index (κ1) is 20.8. The number of nitrogens with zero attached hydrogens (tertiary/aromatic N) is 3. The molecule has 1 aromatic carbocycles. The van der Waals surface area contributed by atoms with Gasteiger partial charge in [0.05, 0.1) is 0 Å². The van der Waals surface area contributed by atoms with E-state index in [0.29, 0.717) is 12.1 Å². The van der Waals surface area contributed by atoms with Gasteiger partial charge in [-0.3, -0.25) is 9.69 Å². The summed E-state index contributed by atoms with van der Waals surface area (Å²) in [6.45, 7) is 2.60. The van der Waals surface area contributed by atoms with Crippen LogP contribution in [0.3, 0.4) is 0 Å². The first-order valence-corrected chi connectivity index (χ1v) is 10.9. The number of hydrogen-bond donors (Lipinski definition) is 1. The molecule has 2 aliphatic rings. The van der Waals surface area contributed by atoms with E-state index >= 15 is 0 Å². The lowest BCUT2D eigenvalue weighted by Crippen LogP contribution is -2.58. The molecule has 0 unspecified atom stereocenters. The van der Waals surface area contributed by atoms with Crippen molar-refractivity contribution in [3.8, 4) is 11.5 Å². The Morgan fingerprint density at radius 3 is 2.43 bits per heavy atom. The van der Waals surface area contributed by atoms with Crippen LogP contribution in [0, 0.1) is 5.82 Å². The Bertz CT molecular complexity index is 909. The van der Waals surface area contributed by atoms with Crippen LogP contribution in [-0.2, 0) is 11.3 Å². The van der Waals surface area contributed by atoms with E-state index in [-0.39, 0.29) is 29.7 Å². The predicted molar refractivity (Wildman–Crippen MR) is 110 cm³/mol. The average Bonchev–Trinajstić information content (AvgIpc) is 3.14. The third-order valence-corrected chi connectivity index (χ3v) is 6.42. The molecule has 7 nitrogen and oxygen atoms in total. The largest absolute Gasteiger partial charge is 0.437 e. The SMILES string of the molecule is O=C(Cn1nc(-c2ccc(F)cc2)oc1=O)NCC1(N2CCCCC2)CCCCC1. The van der Waals surface area contributed by atoms with Crippen molar-refractivity contribution in [2.45, 2.75) is 63.5 Å². The van der Waals surface area contributed by atoms with Crippen molar-refractivity contribution in [2.75, 3.05) is 19.6 Å². The highest BCUT2D eigenvalue weighted by atomic mass is 19.1. The van der Waals surface area contributed by atoms with Crippen molar-refractivity contribution in [3.05, 3.63) is 40.6 Å². The second kappa shape index (κ2) is 9.12. The smallest absolute Gasteiger partial charge is 0.388 e. The molecule has 1 amide bonds. The van der Waals surface area contributed by atoms with Gasteiger partial charge in [-0.15, -0.1) is 5.10 Å². The molecule has 2 aromatic rings. The third-order valence-electron chi connectivity index (χ3n) is 6.42. The Morgan fingerprint density at radius 1 is 1.07 bits per heavy atom. The lowest BCUT2D eigenvalue weighted by Gasteiger charge is -2.48. The van der Waals surface area contributed by atoms with Crippen LogP contribution in [0.4, 0.5) is 4.39 Å². The number of rotatable bonds is 6. The number of amides is 1. The number of carbonyl (C=O) groups is 1. The van der Waals surface area contributed by atoms with Crippen LogP contribution in [0.25, 0.3) is 11.5 Å². The van der Waals surface area contributed by atoms with Gasteiger partial charge in [-0.05, 0) is 63.0 Å². The van der Waals surface area contributed by atoms with Gasteiger partial charge in [0.2, 0.25) is 11.8 Å². The zero-order chi connectivity index (χ0) is 21.0. The molecule has 162 valence electrons. The summed E-state index contributed by atoms with van der Waals surface area (Å²) in [6.07, 6.45) is 9.56. The number of carbonyl (C=O) groups excluding carboxylic acids is 1. The molecule has 1 saturated carbocycles. The van der Waals surface area contributed by atoms with Gasteiger partial charge in [-0.25, -0.2) is 9.18 Å². The van der Waals surface area contributed by atoms with Gasteiger partial charge in [0.1, 0.15) is 12.4 Å². The summed E-state index contributed by atoms with van der Waals surface area (Å²) in [6, 6.07) is 5.50. The second-order valence-electron chi connectivity index (χ2n) is 8.45. The highest BCUT2D eigenvalue weighted by Crippen LogP contribution is 2.35. The monoisotopic (exact) mass is 416 g/mol. The van der Waals surface area contributed by atoms with E-state index in [1.165, 1.54) is 62.8 Å². The molecule has 1 aliphatic carbocycles. The number of aromatic nitrogens is 2. The number of benzene rings is 1. The number of hydrogen-bond acceptors (Lipinski definition) is 5. The molecule has 0 bridgehead atoms. The first-order chi connectivity index (χ1) is 14.6. The molecule has 1 N–H and O–H groups in total. The van der Waals surface area contributed by atoms with Crippen molar-refractivity contribution >= 4 is 5.91 Å². The Balaban J connectivity index is 1.40. The van der Waals surface area contributed by atoms with Crippen molar-refractivity contribution in [3.63, 3.8) is 0 Å². The van der Waals surface area contributed by atoms with Crippen LogP contribution in [0.5, 0.6) is 0 Å². The molecule has 1 aromatic heterocycles. The van der Waals surface area contributed by atoms with Crippen molar-refractivity contribution in [1.29, 1.82) is 0 Å². The van der Waals surface area contributed by atoms with Crippen LogP contribution in [0.1, 0.15) is 51.4 Å². The molecular weight excluding hydrogens is 387 g/mol. The lowest BCUT2D eigenvalue weighted by molar-refractivity contribution is -0.123. The minimum absolute atomic E-state index is 0.0301. The summed E-state index contributed by atoms with van der Waals surface area (Å²) >= 11 is 0. The molecule has 2 heterocycles. The van der Waals surface area contributed by atoms with E-state index in [0.717, 1.165) is 30.6 Å². The van der Waals surface area contributed by atoms with Gasteiger partial charge >= 0.3 is 5.76 Å². The summed E-state index contributed by atoms with van der Waals surface area (Å²) in [4.78, 5) is 27.3. The molecule has 0 atom stereocenters. The molecule has 1 saturated heterocycles. The molecule has 30 heavy (non-hydrogen) atoms. The maximum absolute atomic E-state index is 13.1.